The van der Waals surface area contributed by atoms with Crippen molar-refractivity contribution in [3.63, 3.8) is 0 Å². The minimum atomic E-state index is -0.0611. The fourth-order valence-electron chi connectivity index (χ4n) is 2.60. The highest BCUT2D eigenvalue weighted by Crippen LogP contribution is 2.18. The van der Waals surface area contributed by atoms with Crippen molar-refractivity contribution in [2.45, 2.75) is 18.9 Å². The minimum absolute atomic E-state index is 0. The van der Waals surface area contributed by atoms with Gasteiger partial charge in [-0.2, -0.15) is 0 Å². The molecule has 1 saturated heterocycles. The minimum Gasteiger partial charge on any atom is -0.350 e. The van der Waals surface area contributed by atoms with Crippen LogP contribution in [0, 0.1) is 0 Å². The van der Waals surface area contributed by atoms with E-state index in [9.17, 15) is 4.79 Å². The molecule has 0 bridgehead atoms. The first-order chi connectivity index (χ1) is 10.3. The number of amides is 1. The van der Waals surface area contributed by atoms with Crippen LogP contribution in [-0.2, 0) is 0 Å². The van der Waals surface area contributed by atoms with Crippen molar-refractivity contribution in [1.29, 1.82) is 0 Å². The van der Waals surface area contributed by atoms with Crippen molar-refractivity contribution in [3.8, 4) is 11.1 Å². The Bertz CT molecular complexity index is 616. The number of rotatable bonds is 4. The molecule has 23 heavy (non-hydrogen) atoms. The summed E-state index contributed by atoms with van der Waals surface area (Å²) in [4.78, 5) is 16.4. The predicted molar refractivity (Wildman–Crippen MR) is 97.5 cm³/mol. The monoisotopic (exact) mass is 353 g/mol. The maximum Gasteiger partial charge on any atom is 0.252 e. The second-order valence-electron chi connectivity index (χ2n) is 5.33. The maximum absolute atomic E-state index is 12.2. The summed E-state index contributed by atoms with van der Waals surface area (Å²) in [6.07, 6.45) is 5.71. The zero-order chi connectivity index (χ0) is 14.5. The quantitative estimate of drug-likeness (QED) is 0.887. The summed E-state index contributed by atoms with van der Waals surface area (Å²) in [6.45, 7) is 1.72. The van der Waals surface area contributed by atoms with Crippen LogP contribution in [0.15, 0.2) is 48.8 Å². The van der Waals surface area contributed by atoms with E-state index >= 15 is 0 Å². The molecule has 1 amide bonds. The van der Waals surface area contributed by atoms with E-state index in [1.54, 1.807) is 12.4 Å². The van der Waals surface area contributed by atoms with Gasteiger partial charge in [0.25, 0.3) is 5.91 Å². The second kappa shape index (κ2) is 9.50. The summed E-state index contributed by atoms with van der Waals surface area (Å²) in [5.41, 5.74) is 2.63. The van der Waals surface area contributed by atoms with Gasteiger partial charge in [-0.3, -0.25) is 9.78 Å². The van der Waals surface area contributed by atoms with Crippen molar-refractivity contribution in [2.75, 3.05) is 13.1 Å². The van der Waals surface area contributed by atoms with E-state index in [0.29, 0.717) is 18.2 Å². The lowest BCUT2D eigenvalue weighted by molar-refractivity contribution is 0.0950. The number of hydrogen-bond donors (Lipinski definition) is 2. The molecule has 3 rings (SSSR count). The summed E-state index contributed by atoms with van der Waals surface area (Å²) < 4.78 is 0. The molecule has 6 heteroatoms. The molecular formula is C17H21Cl2N3O. The van der Waals surface area contributed by atoms with Gasteiger partial charge in [-0.15, -0.1) is 24.8 Å². The Morgan fingerprint density at radius 3 is 2.65 bits per heavy atom. The number of nitrogens with zero attached hydrogens (tertiary/aromatic N) is 1. The third-order valence-electron chi connectivity index (χ3n) is 3.78. The molecular weight excluding hydrogens is 333 g/mol. The third-order valence-corrected chi connectivity index (χ3v) is 3.78. The Labute approximate surface area is 148 Å². The van der Waals surface area contributed by atoms with Crippen LogP contribution >= 0.6 is 24.8 Å². The first-order valence-electron chi connectivity index (χ1n) is 7.35. The third kappa shape index (κ3) is 5.20. The van der Waals surface area contributed by atoms with E-state index in [4.69, 9.17) is 0 Å². The van der Waals surface area contributed by atoms with Crippen molar-refractivity contribution >= 4 is 30.7 Å². The normalized spacial score (nSPS) is 16.1. The van der Waals surface area contributed by atoms with E-state index in [0.717, 1.165) is 24.1 Å². The molecule has 1 fully saturated rings. The van der Waals surface area contributed by atoms with Crippen LogP contribution in [0.5, 0.6) is 0 Å². The summed E-state index contributed by atoms with van der Waals surface area (Å²) >= 11 is 0. The van der Waals surface area contributed by atoms with Gasteiger partial charge in [0.05, 0.1) is 5.56 Å². The van der Waals surface area contributed by atoms with Gasteiger partial charge in [0.1, 0.15) is 0 Å². The molecule has 1 aromatic heterocycles. The van der Waals surface area contributed by atoms with E-state index in [-0.39, 0.29) is 30.7 Å². The number of aromatic nitrogens is 1. The molecule has 4 nitrogen and oxygen atoms in total. The molecule has 2 aromatic rings. The van der Waals surface area contributed by atoms with Gasteiger partial charge in [-0.25, -0.2) is 0 Å². The Balaban J connectivity index is 0.00000132. The summed E-state index contributed by atoms with van der Waals surface area (Å²) in [5, 5.41) is 6.35. The Hall–Kier alpha value is -1.62. The molecule has 0 radical (unpaired) electrons. The average Bonchev–Trinajstić information content (AvgIpc) is 3.07. The Kier molecular flexibility index (Phi) is 8.03. The molecule has 1 aliphatic rings. The van der Waals surface area contributed by atoms with Gasteiger partial charge in [-0.05, 0) is 31.0 Å². The van der Waals surface area contributed by atoms with Crippen LogP contribution in [0.25, 0.3) is 11.1 Å². The van der Waals surface area contributed by atoms with Crippen LogP contribution in [0.2, 0.25) is 0 Å². The number of halogens is 2. The fourth-order valence-corrected chi connectivity index (χ4v) is 2.60. The molecule has 2 N–H and O–H groups in total. The van der Waals surface area contributed by atoms with E-state index in [1.165, 1.54) is 6.42 Å². The molecule has 0 spiro atoms. The highest BCUT2D eigenvalue weighted by molar-refractivity contribution is 5.95. The summed E-state index contributed by atoms with van der Waals surface area (Å²) in [7, 11) is 0. The molecule has 0 saturated carbocycles. The maximum atomic E-state index is 12.2. The molecule has 124 valence electrons. The van der Waals surface area contributed by atoms with Crippen molar-refractivity contribution < 1.29 is 4.79 Å². The Morgan fingerprint density at radius 1 is 1.17 bits per heavy atom. The standard InChI is InChI=1S/C17H19N3O.2ClH/c21-17(20-12-16-7-4-8-19-16)15-9-14(10-18-11-15)13-5-2-1-3-6-13;;/h1-3,5-6,9-11,16,19H,4,7-8,12H2,(H,20,21);2*1H. The predicted octanol–water partition coefficient (Wildman–Crippen LogP) is 3.07. The van der Waals surface area contributed by atoms with Gasteiger partial charge in [0.2, 0.25) is 0 Å². The van der Waals surface area contributed by atoms with E-state index in [1.807, 2.05) is 36.4 Å². The second-order valence-corrected chi connectivity index (χ2v) is 5.33. The lowest BCUT2D eigenvalue weighted by atomic mass is 10.1. The highest BCUT2D eigenvalue weighted by atomic mass is 35.5. The van der Waals surface area contributed by atoms with Gasteiger partial charge >= 0.3 is 0 Å². The van der Waals surface area contributed by atoms with Crippen LogP contribution in [0.1, 0.15) is 23.2 Å². The van der Waals surface area contributed by atoms with Crippen LogP contribution < -0.4 is 10.6 Å². The smallest absolute Gasteiger partial charge is 0.252 e. The lowest BCUT2D eigenvalue weighted by Crippen LogP contribution is -2.37. The van der Waals surface area contributed by atoms with Gasteiger partial charge in [0, 0.05) is 30.5 Å². The first-order valence-corrected chi connectivity index (χ1v) is 7.35. The zero-order valence-corrected chi connectivity index (χ0v) is 14.3. The highest BCUT2D eigenvalue weighted by Gasteiger charge is 2.15. The largest absolute Gasteiger partial charge is 0.350 e. The van der Waals surface area contributed by atoms with Crippen molar-refractivity contribution in [1.82, 2.24) is 15.6 Å². The number of carbonyl (C=O) groups is 1. The van der Waals surface area contributed by atoms with Gasteiger partial charge < -0.3 is 10.6 Å². The number of benzene rings is 1. The molecule has 1 aliphatic heterocycles. The number of nitrogens with one attached hydrogen (secondary N) is 2. The molecule has 1 unspecified atom stereocenters. The molecule has 1 aromatic carbocycles. The van der Waals surface area contributed by atoms with Gasteiger partial charge in [0.15, 0.2) is 0 Å². The first kappa shape index (κ1) is 19.4. The number of pyridine rings is 1. The fraction of sp³-hybridized carbons (Fsp3) is 0.294. The van der Waals surface area contributed by atoms with E-state index in [2.05, 4.69) is 15.6 Å². The SMILES string of the molecule is Cl.Cl.O=C(NCC1CCCN1)c1cncc(-c2ccccc2)c1. The van der Waals surface area contributed by atoms with Crippen LogP contribution in [0.4, 0.5) is 0 Å². The summed E-state index contributed by atoms with van der Waals surface area (Å²) in [5.74, 6) is -0.0611. The molecule has 1 atom stereocenters. The Morgan fingerprint density at radius 2 is 1.96 bits per heavy atom. The van der Waals surface area contributed by atoms with Crippen molar-refractivity contribution in [3.05, 3.63) is 54.4 Å². The zero-order valence-electron chi connectivity index (χ0n) is 12.7. The number of hydrogen-bond acceptors (Lipinski definition) is 3. The van der Waals surface area contributed by atoms with Crippen LogP contribution in [0.3, 0.4) is 0 Å². The average molecular weight is 354 g/mol. The van der Waals surface area contributed by atoms with Crippen LogP contribution in [-0.4, -0.2) is 30.0 Å². The lowest BCUT2D eigenvalue weighted by Gasteiger charge is -2.11. The topological polar surface area (TPSA) is 54.0 Å². The van der Waals surface area contributed by atoms with Gasteiger partial charge in [-0.1, -0.05) is 30.3 Å². The van der Waals surface area contributed by atoms with Crippen molar-refractivity contribution in [2.24, 2.45) is 0 Å². The molecule has 0 aliphatic carbocycles. The van der Waals surface area contributed by atoms with E-state index < -0.39 is 0 Å². The number of carbonyl (C=O) groups excluding carboxylic acids is 1. The summed E-state index contributed by atoms with van der Waals surface area (Å²) in [6, 6.07) is 12.3. The molecule has 2 heterocycles.